The molecule has 118 valence electrons. The molecule has 0 unspecified atom stereocenters. The lowest BCUT2D eigenvalue weighted by atomic mass is 9.94. The lowest BCUT2D eigenvalue weighted by Gasteiger charge is -2.33. The number of piperidine rings is 1. The highest BCUT2D eigenvalue weighted by Crippen LogP contribution is 2.33. The van der Waals surface area contributed by atoms with E-state index in [-0.39, 0.29) is 5.75 Å². The van der Waals surface area contributed by atoms with Crippen LogP contribution in [0.1, 0.15) is 19.3 Å². The van der Waals surface area contributed by atoms with E-state index in [4.69, 9.17) is 9.79 Å². The fourth-order valence-corrected chi connectivity index (χ4v) is 3.64. The second-order valence-corrected chi connectivity index (χ2v) is 6.88. The lowest BCUT2D eigenvalue weighted by molar-refractivity contribution is 0.386. The topological polar surface area (TPSA) is 89.7 Å². The van der Waals surface area contributed by atoms with E-state index in [1.54, 1.807) is 6.07 Å². The largest absolute Gasteiger partial charge is 0.506 e. The zero-order valence-corrected chi connectivity index (χ0v) is 13.2. The van der Waals surface area contributed by atoms with Gasteiger partial charge in [-0.1, -0.05) is 6.07 Å². The van der Waals surface area contributed by atoms with Crippen LogP contribution in [0.5, 0.6) is 5.75 Å². The van der Waals surface area contributed by atoms with Crippen LogP contribution in [0, 0.1) is 5.92 Å². The molecule has 0 radical (unpaired) electrons. The van der Waals surface area contributed by atoms with Gasteiger partial charge < -0.3 is 19.8 Å². The number of hydrogen-bond donors (Lipinski definition) is 3. The number of para-hydroxylation sites is 1. The van der Waals surface area contributed by atoms with Gasteiger partial charge in [0.2, 0.25) is 0 Å². The molecular weight excluding hydrogens is 301 g/mol. The fourth-order valence-electron chi connectivity index (χ4n) is 3.04. The van der Waals surface area contributed by atoms with Gasteiger partial charge in [-0.05, 0) is 37.3 Å². The molecular formula is C15H20N3O3P. The average molecular weight is 321 g/mol. The molecule has 1 fully saturated rings. The molecule has 0 aliphatic carbocycles. The van der Waals surface area contributed by atoms with E-state index in [1.165, 1.54) is 6.33 Å². The molecule has 0 amide bonds. The van der Waals surface area contributed by atoms with Gasteiger partial charge >= 0.3 is 0 Å². The molecule has 2 heterocycles. The number of hydrogen-bond acceptors (Lipinski definition) is 6. The van der Waals surface area contributed by atoms with Gasteiger partial charge in [-0.2, -0.15) is 0 Å². The highest BCUT2D eigenvalue weighted by Gasteiger charge is 2.22. The summed E-state index contributed by atoms with van der Waals surface area (Å²) >= 11 is 0. The zero-order valence-electron chi connectivity index (χ0n) is 12.3. The van der Waals surface area contributed by atoms with Crippen LogP contribution in [0.3, 0.4) is 0 Å². The molecule has 22 heavy (non-hydrogen) atoms. The molecule has 0 bridgehead atoms. The third-order valence-electron chi connectivity index (χ3n) is 4.27. The van der Waals surface area contributed by atoms with Crippen LogP contribution in [0.4, 0.5) is 5.82 Å². The molecule has 1 aliphatic rings. The number of rotatable bonds is 4. The number of benzene rings is 1. The number of fused-ring (bicyclic) bond motifs is 1. The first-order valence-corrected chi connectivity index (χ1v) is 8.91. The van der Waals surface area contributed by atoms with Gasteiger partial charge in [-0.15, -0.1) is 0 Å². The third-order valence-corrected chi connectivity index (χ3v) is 4.93. The maximum atomic E-state index is 9.90. The van der Waals surface area contributed by atoms with Crippen LogP contribution in [0.2, 0.25) is 0 Å². The summed E-state index contributed by atoms with van der Waals surface area (Å²) in [5.41, 5.74) is 0.584. The van der Waals surface area contributed by atoms with Crippen LogP contribution >= 0.6 is 8.38 Å². The van der Waals surface area contributed by atoms with Gasteiger partial charge in [0.05, 0.1) is 0 Å². The molecule has 6 nitrogen and oxygen atoms in total. The smallest absolute Gasteiger partial charge is 0.164 e. The van der Waals surface area contributed by atoms with Crippen molar-refractivity contribution in [3.63, 3.8) is 0 Å². The first-order valence-electron chi connectivity index (χ1n) is 7.48. The minimum atomic E-state index is -1.77. The number of phenolic OH excluding ortho intramolecular Hbond substituents is 1. The van der Waals surface area contributed by atoms with Gasteiger partial charge in [-0.25, -0.2) is 9.97 Å². The van der Waals surface area contributed by atoms with Crippen LogP contribution in [0.15, 0.2) is 24.5 Å². The zero-order chi connectivity index (χ0) is 15.5. The Balaban J connectivity index is 1.73. The second kappa shape index (κ2) is 6.73. The molecule has 3 rings (SSSR count). The summed E-state index contributed by atoms with van der Waals surface area (Å²) in [5, 5.41) is 10.8. The quantitative estimate of drug-likeness (QED) is 0.748. The summed E-state index contributed by atoms with van der Waals surface area (Å²) < 4.78 is 0. The number of anilines is 1. The SMILES string of the molecule is Oc1cccc2c(N3CCC(CCP(O)O)CC3)ncnc12. The van der Waals surface area contributed by atoms with E-state index in [0.717, 1.165) is 43.6 Å². The molecule has 1 aromatic heterocycles. The van der Waals surface area contributed by atoms with Gasteiger partial charge in [0.15, 0.2) is 8.38 Å². The highest BCUT2D eigenvalue weighted by atomic mass is 31.2. The van der Waals surface area contributed by atoms with E-state index in [0.29, 0.717) is 17.6 Å². The van der Waals surface area contributed by atoms with Gasteiger partial charge in [0.25, 0.3) is 0 Å². The molecule has 2 aromatic rings. The molecule has 1 aromatic carbocycles. The van der Waals surface area contributed by atoms with Crippen LogP contribution in [0.25, 0.3) is 10.9 Å². The Bertz CT molecular complexity index is 645. The first-order chi connectivity index (χ1) is 10.6. The van der Waals surface area contributed by atoms with Gasteiger partial charge in [0.1, 0.15) is 23.4 Å². The standard InChI is InChI=1S/C15H20N3O3P/c19-13-3-1-2-12-14(13)16-10-17-15(12)18-7-4-11(5-8-18)6-9-22(20)21/h1-3,10-11,19-21H,4-9H2. The van der Waals surface area contributed by atoms with Crippen LogP contribution < -0.4 is 4.90 Å². The lowest BCUT2D eigenvalue weighted by Crippen LogP contribution is -2.34. The number of nitrogens with zero attached hydrogens (tertiary/aromatic N) is 3. The maximum Gasteiger partial charge on any atom is 0.164 e. The maximum absolute atomic E-state index is 9.90. The van der Waals surface area contributed by atoms with E-state index < -0.39 is 8.38 Å². The molecule has 0 atom stereocenters. The molecule has 0 saturated carbocycles. The van der Waals surface area contributed by atoms with Crippen molar-refractivity contribution in [3.8, 4) is 5.75 Å². The summed E-state index contributed by atoms with van der Waals surface area (Å²) in [7, 11) is -1.77. The molecule has 3 N–H and O–H groups in total. The minimum Gasteiger partial charge on any atom is -0.506 e. The van der Waals surface area contributed by atoms with Crippen molar-refractivity contribution in [1.82, 2.24) is 9.97 Å². The monoisotopic (exact) mass is 321 g/mol. The van der Waals surface area contributed by atoms with E-state index in [1.807, 2.05) is 12.1 Å². The van der Waals surface area contributed by atoms with E-state index >= 15 is 0 Å². The predicted octanol–water partition coefficient (Wildman–Crippen LogP) is 2.24. The number of aromatic hydroxyl groups is 1. The highest BCUT2D eigenvalue weighted by molar-refractivity contribution is 7.45. The molecule has 1 aliphatic heterocycles. The Morgan fingerprint density at radius 2 is 1.95 bits per heavy atom. The van der Waals surface area contributed by atoms with E-state index in [9.17, 15) is 5.11 Å². The van der Waals surface area contributed by atoms with Gasteiger partial charge in [-0.3, -0.25) is 0 Å². The summed E-state index contributed by atoms with van der Waals surface area (Å²) in [6.45, 7) is 1.78. The van der Waals surface area contributed by atoms with Crippen molar-refractivity contribution in [3.05, 3.63) is 24.5 Å². The van der Waals surface area contributed by atoms with Crippen molar-refractivity contribution in [2.45, 2.75) is 19.3 Å². The minimum absolute atomic E-state index is 0.176. The molecule has 0 spiro atoms. The Morgan fingerprint density at radius 3 is 2.68 bits per heavy atom. The van der Waals surface area contributed by atoms with Crippen molar-refractivity contribution in [1.29, 1.82) is 0 Å². The molecule has 1 saturated heterocycles. The Morgan fingerprint density at radius 1 is 1.18 bits per heavy atom. The molecule has 7 heteroatoms. The number of phenols is 1. The van der Waals surface area contributed by atoms with E-state index in [2.05, 4.69) is 14.9 Å². The van der Waals surface area contributed by atoms with Gasteiger partial charge in [0, 0.05) is 24.6 Å². The third kappa shape index (κ3) is 3.29. The second-order valence-electron chi connectivity index (χ2n) is 5.69. The number of aromatic nitrogens is 2. The van der Waals surface area contributed by atoms with Crippen LogP contribution in [-0.2, 0) is 0 Å². The van der Waals surface area contributed by atoms with Crippen LogP contribution in [-0.4, -0.2) is 44.1 Å². The van der Waals surface area contributed by atoms with Crippen molar-refractivity contribution >= 4 is 25.1 Å². The van der Waals surface area contributed by atoms with Crippen molar-refractivity contribution < 1.29 is 14.9 Å². The summed E-state index contributed by atoms with van der Waals surface area (Å²) in [6.07, 6.45) is 4.91. The average Bonchev–Trinajstić information content (AvgIpc) is 2.53. The fraction of sp³-hybridized carbons (Fsp3) is 0.467. The Hall–Kier alpha value is -1.49. The first kappa shape index (κ1) is 15.4. The van der Waals surface area contributed by atoms with Crippen molar-refractivity contribution in [2.75, 3.05) is 24.2 Å². The Labute approximate surface area is 130 Å². The normalized spacial score (nSPS) is 16.6. The van der Waals surface area contributed by atoms with Crippen molar-refractivity contribution in [2.24, 2.45) is 5.92 Å². The summed E-state index contributed by atoms with van der Waals surface area (Å²) in [4.78, 5) is 28.8. The predicted molar refractivity (Wildman–Crippen MR) is 87.0 cm³/mol. The summed E-state index contributed by atoms with van der Waals surface area (Å²) in [5.74, 6) is 1.59. The Kier molecular flexibility index (Phi) is 4.71. The summed E-state index contributed by atoms with van der Waals surface area (Å²) in [6, 6.07) is 5.37.